The smallest absolute Gasteiger partial charge is 0.0524 e. The number of hydrogen-bond acceptors (Lipinski definition) is 3. The number of aliphatic hydroxyl groups excluding tert-OH is 1. The largest absolute Gasteiger partial charge is 0.393 e. The van der Waals surface area contributed by atoms with Crippen molar-refractivity contribution in [2.24, 2.45) is 5.41 Å². The summed E-state index contributed by atoms with van der Waals surface area (Å²) in [6.45, 7) is 7.27. The van der Waals surface area contributed by atoms with Crippen LogP contribution in [0.2, 0.25) is 0 Å². The second-order valence-electron chi connectivity index (χ2n) is 4.96. The first-order valence-electron chi connectivity index (χ1n) is 5.68. The summed E-state index contributed by atoms with van der Waals surface area (Å²) >= 11 is 0. The number of hydrogen-bond donors (Lipinski definition) is 1. The summed E-state index contributed by atoms with van der Waals surface area (Å²) in [6.07, 6.45) is 3.23. The average molecular weight is 199 g/mol. The molecule has 0 bridgehead atoms. The molecule has 2 heterocycles. The SMILES string of the molecule is CC(O)CCN1CC2(CCOCC2)C1. The van der Waals surface area contributed by atoms with Gasteiger partial charge in [0.1, 0.15) is 0 Å². The fourth-order valence-corrected chi connectivity index (χ4v) is 2.55. The minimum absolute atomic E-state index is 0.152. The molecule has 1 unspecified atom stereocenters. The molecule has 0 radical (unpaired) electrons. The first-order chi connectivity index (χ1) is 6.70. The van der Waals surface area contributed by atoms with Crippen LogP contribution in [0, 0.1) is 5.41 Å². The molecule has 1 atom stereocenters. The molecule has 2 aliphatic rings. The zero-order valence-corrected chi connectivity index (χ0v) is 9.04. The van der Waals surface area contributed by atoms with Crippen LogP contribution in [-0.2, 0) is 4.74 Å². The van der Waals surface area contributed by atoms with E-state index in [9.17, 15) is 5.11 Å². The van der Waals surface area contributed by atoms with Crippen LogP contribution in [0.4, 0.5) is 0 Å². The van der Waals surface area contributed by atoms with Gasteiger partial charge in [-0.15, -0.1) is 0 Å². The van der Waals surface area contributed by atoms with Crippen LogP contribution in [0.15, 0.2) is 0 Å². The van der Waals surface area contributed by atoms with E-state index in [1.807, 2.05) is 6.92 Å². The molecule has 2 aliphatic heterocycles. The molecule has 0 aromatic heterocycles. The van der Waals surface area contributed by atoms with Crippen molar-refractivity contribution in [3.8, 4) is 0 Å². The maximum Gasteiger partial charge on any atom is 0.0524 e. The Labute approximate surface area is 86.0 Å². The summed E-state index contributed by atoms with van der Waals surface area (Å²) in [5, 5.41) is 9.18. The van der Waals surface area contributed by atoms with Crippen LogP contribution < -0.4 is 0 Å². The van der Waals surface area contributed by atoms with E-state index in [-0.39, 0.29) is 6.10 Å². The van der Waals surface area contributed by atoms with Gasteiger partial charge in [-0.05, 0) is 26.2 Å². The minimum Gasteiger partial charge on any atom is -0.393 e. The topological polar surface area (TPSA) is 32.7 Å². The summed E-state index contributed by atoms with van der Waals surface area (Å²) in [5.74, 6) is 0. The fourth-order valence-electron chi connectivity index (χ4n) is 2.55. The van der Waals surface area contributed by atoms with E-state index in [1.54, 1.807) is 0 Å². The van der Waals surface area contributed by atoms with Gasteiger partial charge in [0.25, 0.3) is 0 Å². The average Bonchev–Trinajstić information content (AvgIpc) is 2.12. The fraction of sp³-hybridized carbons (Fsp3) is 1.00. The molecular weight excluding hydrogens is 178 g/mol. The van der Waals surface area contributed by atoms with Gasteiger partial charge in [0.15, 0.2) is 0 Å². The third kappa shape index (κ3) is 2.27. The second-order valence-corrected chi connectivity index (χ2v) is 4.96. The van der Waals surface area contributed by atoms with Crippen LogP contribution in [-0.4, -0.2) is 49.0 Å². The third-order valence-corrected chi connectivity index (χ3v) is 3.53. The quantitative estimate of drug-likeness (QED) is 0.732. The zero-order chi connectivity index (χ0) is 10.0. The summed E-state index contributed by atoms with van der Waals surface area (Å²) in [5.41, 5.74) is 0.580. The molecule has 0 saturated carbocycles. The Morgan fingerprint density at radius 3 is 2.57 bits per heavy atom. The van der Waals surface area contributed by atoms with Gasteiger partial charge in [0, 0.05) is 38.3 Å². The van der Waals surface area contributed by atoms with Crippen LogP contribution in [0.25, 0.3) is 0 Å². The first kappa shape index (κ1) is 10.4. The van der Waals surface area contributed by atoms with Gasteiger partial charge in [0.2, 0.25) is 0 Å². The lowest BCUT2D eigenvalue weighted by atomic mass is 9.73. The molecule has 3 nitrogen and oxygen atoms in total. The predicted octanol–water partition coefficient (Wildman–Crippen LogP) is 0.870. The van der Waals surface area contributed by atoms with Crippen molar-refractivity contribution in [2.45, 2.75) is 32.3 Å². The molecule has 2 rings (SSSR count). The number of likely N-dealkylation sites (tertiary alicyclic amines) is 1. The lowest BCUT2D eigenvalue weighted by molar-refractivity contribution is -0.0828. The van der Waals surface area contributed by atoms with Gasteiger partial charge >= 0.3 is 0 Å². The molecule has 1 spiro atoms. The van der Waals surface area contributed by atoms with Gasteiger partial charge in [-0.25, -0.2) is 0 Å². The van der Waals surface area contributed by atoms with Gasteiger partial charge < -0.3 is 14.7 Å². The lowest BCUT2D eigenvalue weighted by Gasteiger charge is -2.52. The van der Waals surface area contributed by atoms with Crippen molar-refractivity contribution in [1.29, 1.82) is 0 Å². The normalized spacial score (nSPS) is 28.7. The Hall–Kier alpha value is -0.120. The van der Waals surface area contributed by atoms with E-state index in [2.05, 4.69) is 4.90 Å². The van der Waals surface area contributed by atoms with E-state index >= 15 is 0 Å². The second kappa shape index (κ2) is 4.17. The van der Waals surface area contributed by atoms with Gasteiger partial charge in [-0.2, -0.15) is 0 Å². The van der Waals surface area contributed by atoms with Gasteiger partial charge in [0.05, 0.1) is 6.10 Å². The summed E-state index contributed by atoms with van der Waals surface area (Å²) in [4.78, 5) is 2.46. The molecule has 0 aromatic rings. The Kier molecular flexibility index (Phi) is 3.10. The van der Waals surface area contributed by atoms with E-state index in [0.29, 0.717) is 5.41 Å². The van der Waals surface area contributed by atoms with Crippen LogP contribution in [0.1, 0.15) is 26.2 Å². The summed E-state index contributed by atoms with van der Waals surface area (Å²) in [7, 11) is 0. The maximum atomic E-state index is 9.18. The highest BCUT2D eigenvalue weighted by molar-refractivity contribution is 4.95. The Balaban J connectivity index is 1.67. The molecule has 0 aliphatic carbocycles. The minimum atomic E-state index is -0.152. The number of aliphatic hydroxyl groups is 1. The first-order valence-corrected chi connectivity index (χ1v) is 5.68. The maximum absolute atomic E-state index is 9.18. The standard InChI is InChI=1S/C11H21NO2/c1-10(13)2-5-12-8-11(9-12)3-6-14-7-4-11/h10,13H,2-9H2,1H3. The molecule has 1 N–H and O–H groups in total. The molecule has 14 heavy (non-hydrogen) atoms. The molecular formula is C11H21NO2. The highest BCUT2D eigenvalue weighted by Crippen LogP contribution is 2.39. The highest BCUT2D eigenvalue weighted by Gasteiger charge is 2.43. The Bertz CT molecular complexity index is 180. The molecule has 82 valence electrons. The van der Waals surface area contributed by atoms with E-state index in [0.717, 1.165) is 26.2 Å². The van der Waals surface area contributed by atoms with Crippen LogP contribution in [0.5, 0.6) is 0 Å². The highest BCUT2D eigenvalue weighted by atomic mass is 16.5. The Morgan fingerprint density at radius 2 is 2.00 bits per heavy atom. The van der Waals surface area contributed by atoms with E-state index in [4.69, 9.17) is 4.74 Å². The molecule has 0 aromatic carbocycles. The van der Waals surface area contributed by atoms with Gasteiger partial charge in [-0.3, -0.25) is 0 Å². The molecule has 0 amide bonds. The summed E-state index contributed by atoms with van der Waals surface area (Å²) < 4.78 is 5.38. The van der Waals surface area contributed by atoms with Crippen molar-refractivity contribution >= 4 is 0 Å². The predicted molar refractivity (Wildman–Crippen MR) is 55.2 cm³/mol. The van der Waals surface area contributed by atoms with Crippen molar-refractivity contribution in [1.82, 2.24) is 4.90 Å². The van der Waals surface area contributed by atoms with Crippen molar-refractivity contribution < 1.29 is 9.84 Å². The number of ether oxygens (including phenoxy) is 1. The zero-order valence-electron chi connectivity index (χ0n) is 9.04. The monoisotopic (exact) mass is 199 g/mol. The lowest BCUT2D eigenvalue weighted by Crippen LogP contribution is -2.58. The van der Waals surface area contributed by atoms with Gasteiger partial charge in [-0.1, -0.05) is 0 Å². The number of nitrogens with zero attached hydrogens (tertiary/aromatic N) is 1. The number of rotatable bonds is 3. The third-order valence-electron chi connectivity index (χ3n) is 3.53. The van der Waals surface area contributed by atoms with Crippen molar-refractivity contribution in [2.75, 3.05) is 32.8 Å². The van der Waals surface area contributed by atoms with Crippen molar-refractivity contribution in [3.05, 3.63) is 0 Å². The van der Waals surface area contributed by atoms with Crippen molar-refractivity contribution in [3.63, 3.8) is 0 Å². The van der Waals surface area contributed by atoms with Crippen LogP contribution >= 0.6 is 0 Å². The van der Waals surface area contributed by atoms with E-state index in [1.165, 1.54) is 25.9 Å². The van der Waals surface area contributed by atoms with Crippen LogP contribution in [0.3, 0.4) is 0 Å². The molecule has 2 saturated heterocycles. The molecule has 3 heteroatoms. The Morgan fingerprint density at radius 1 is 1.36 bits per heavy atom. The summed E-state index contributed by atoms with van der Waals surface area (Å²) in [6, 6.07) is 0. The molecule has 2 fully saturated rings. The van der Waals surface area contributed by atoms with E-state index < -0.39 is 0 Å².